The highest BCUT2D eigenvalue weighted by atomic mass is 16.5. The summed E-state index contributed by atoms with van der Waals surface area (Å²) in [7, 11) is 0. The van der Waals surface area contributed by atoms with Crippen molar-refractivity contribution in [1.82, 2.24) is 10.2 Å². The Morgan fingerprint density at radius 2 is 1.81 bits per heavy atom. The first kappa shape index (κ1) is 14.0. The summed E-state index contributed by atoms with van der Waals surface area (Å²) in [5, 5.41) is 11.0. The van der Waals surface area contributed by atoms with Gasteiger partial charge >= 0.3 is 5.97 Å². The van der Waals surface area contributed by atoms with Crippen molar-refractivity contribution in [3.8, 4) is 0 Å². The van der Waals surface area contributed by atoms with E-state index in [-0.39, 0.29) is 24.0 Å². The Labute approximate surface area is 120 Å². The summed E-state index contributed by atoms with van der Waals surface area (Å²) in [5.41, 5.74) is 0. The van der Waals surface area contributed by atoms with Gasteiger partial charge in [0.25, 0.3) is 0 Å². The van der Waals surface area contributed by atoms with E-state index in [1.807, 2.05) is 0 Å². The standard InChI is InChI=1S/C13H16N2O6/c1-5(13(19)20)14-8(16)4-15-11(17)9-6-2-3-7(21-6)10(9)12(15)18/h5-7,9-10H,2-4H2,1H3,(H,14,16)(H,19,20)/t5-,6?,7?,9?,10?/m0/s1. The molecule has 0 spiro atoms. The van der Waals surface area contributed by atoms with Gasteiger partial charge in [-0.1, -0.05) is 0 Å². The topological polar surface area (TPSA) is 113 Å². The predicted octanol–water partition coefficient (Wildman–Crippen LogP) is -1.26. The fourth-order valence-corrected chi connectivity index (χ4v) is 3.42. The molecule has 114 valence electrons. The van der Waals surface area contributed by atoms with Crippen LogP contribution in [0.2, 0.25) is 0 Å². The number of hydrogen-bond acceptors (Lipinski definition) is 5. The molecule has 4 unspecified atom stereocenters. The summed E-state index contributed by atoms with van der Waals surface area (Å²) in [5.74, 6) is -3.53. The molecule has 21 heavy (non-hydrogen) atoms. The molecule has 3 rings (SSSR count). The van der Waals surface area contributed by atoms with E-state index in [1.165, 1.54) is 6.92 Å². The summed E-state index contributed by atoms with van der Waals surface area (Å²) in [6.45, 7) is 0.887. The van der Waals surface area contributed by atoms with Crippen LogP contribution >= 0.6 is 0 Å². The lowest BCUT2D eigenvalue weighted by Crippen LogP contribution is -2.46. The molecule has 2 N–H and O–H groups in total. The van der Waals surface area contributed by atoms with Gasteiger partial charge in [0.05, 0.1) is 24.0 Å². The van der Waals surface area contributed by atoms with E-state index in [2.05, 4.69) is 5.32 Å². The maximum atomic E-state index is 12.3. The first-order valence-corrected chi connectivity index (χ1v) is 6.93. The summed E-state index contributed by atoms with van der Waals surface area (Å²) >= 11 is 0. The minimum atomic E-state index is -1.18. The van der Waals surface area contributed by atoms with Crippen molar-refractivity contribution in [1.29, 1.82) is 0 Å². The molecular formula is C13H16N2O6. The van der Waals surface area contributed by atoms with Gasteiger partial charge in [-0.25, -0.2) is 0 Å². The second-order valence-corrected chi connectivity index (χ2v) is 5.73. The zero-order valence-electron chi connectivity index (χ0n) is 11.4. The van der Waals surface area contributed by atoms with Crippen LogP contribution in [-0.2, 0) is 23.9 Å². The monoisotopic (exact) mass is 296 g/mol. The molecular weight excluding hydrogens is 280 g/mol. The van der Waals surface area contributed by atoms with Crippen molar-refractivity contribution in [2.75, 3.05) is 6.54 Å². The van der Waals surface area contributed by atoms with Crippen LogP contribution in [0.1, 0.15) is 19.8 Å². The number of carbonyl (C=O) groups excluding carboxylic acids is 3. The van der Waals surface area contributed by atoms with E-state index in [4.69, 9.17) is 9.84 Å². The van der Waals surface area contributed by atoms with Crippen molar-refractivity contribution in [2.24, 2.45) is 11.8 Å². The minimum absolute atomic E-state index is 0.220. The number of nitrogens with one attached hydrogen (secondary N) is 1. The van der Waals surface area contributed by atoms with Crippen LogP contribution in [0.15, 0.2) is 0 Å². The quantitative estimate of drug-likeness (QED) is 0.626. The fraction of sp³-hybridized carbons (Fsp3) is 0.692. The van der Waals surface area contributed by atoms with Gasteiger partial charge in [-0.3, -0.25) is 24.1 Å². The Morgan fingerprint density at radius 3 is 2.29 bits per heavy atom. The molecule has 8 nitrogen and oxygen atoms in total. The van der Waals surface area contributed by atoms with Gasteiger partial charge in [0.1, 0.15) is 12.6 Å². The molecule has 3 aliphatic heterocycles. The van der Waals surface area contributed by atoms with Gasteiger partial charge in [-0.2, -0.15) is 0 Å². The van der Waals surface area contributed by atoms with Crippen LogP contribution in [0.5, 0.6) is 0 Å². The molecule has 3 amide bonds. The summed E-state index contributed by atoms with van der Waals surface area (Å²) in [4.78, 5) is 47.9. The Balaban J connectivity index is 1.67. The fourth-order valence-electron chi connectivity index (χ4n) is 3.42. The third-order valence-electron chi connectivity index (χ3n) is 4.43. The van der Waals surface area contributed by atoms with Crippen LogP contribution in [-0.4, -0.2) is 58.5 Å². The number of amides is 3. The van der Waals surface area contributed by atoms with Gasteiger partial charge < -0.3 is 15.2 Å². The maximum Gasteiger partial charge on any atom is 0.325 e. The number of carbonyl (C=O) groups is 4. The Hall–Kier alpha value is -1.96. The molecule has 0 radical (unpaired) electrons. The highest BCUT2D eigenvalue weighted by Crippen LogP contribution is 2.48. The van der Waals surface area contributed by atoms with Gasteiger partial charge in [0, 0.05) is 0 Å². The SMILES string of the molecule is C[C@H](NC(=O)CN1C(=O)C2C3CCC(O3)C2C1=O)C(=O)O. The average Bonchev–Trinajstić information content (AvgIpc) is 3.08. The molecule has 3 aliphatic rings. The molecule has 0 saturated carbocycles. The third-order valence-corrected chi connectivity index (χ3v) is 4.43. The molecule has 3 heterocycles. The van der Waals surface area contributed by atoms with Gasteiger partial charge in [-0.05, 0) is 19.8 Å². The summed E-state index contributed by atoms with van der Waals surface area (Å²) in [6.07, 6.45) is 1.09. The lowest BCUT2D eigenvalue weighted by Gasteiger charge is -2.18. The van der Waals surface area contributed by atoms with Gasteiger partial charge in [0.2, 0.25) is 17.7 Å². The first-order valence-electron chi connectivity index (χ1n) is 6.93. The van der Waals surface area contributed by atoms with Crippen LogP contribution in [0.4, 0.5) is 0 Å². The van der Waals surface area contributed by atoms with E-state index in [0.29, 0.717) is 0 Å². The Kier molecular flexibility index (Phi) is 3.20. The molecule has 8 heteroatoms. The normalized spacial score (nSPS) is 35.0. The number of ether oxygens (including phenoxy) is 1. The van der Waals surface area contributed by atoms with Crippen molar-refractivity contribution in [3.63, 3.8) is 0 Å². The van der Waals surface area contributed by atoms with Crippen LogP contribution < -0.4 is 5.32 Å². The third kappa shape index (κ3) is 2.10. The van der Waals surface area contributed by atoms with Crippen molar-refractivity contribution in [3.05, 3.63) is 0 Å². The van der Waals surface area contributed by atoms with E-state index >= 15 is 0 Å². The van der Waals surface area contributed by atoms with E-state index in [9.17, 15) is 19.2 Å². The van der Waals surface area contributed by atoms with Crippen molar-refractivity contribution in [2.45, 2.75) is 38.0 Å². The highest BCUT2D eigenvalue weighted by Gasteiger charge is 2.62. The second kappa shape index (κ2) is 4.80. The smallest absolute Gasteiger partial charge is 0.325 e. The molecule has 3 saturated heterocycles. The summed E-state index contributed by atoms with van der Waals surface area (Å²) in [6, 6.07) is -1.07. The van der Waals surface area contributed by atoms with Gasteiger partial charge in [0.15, 0.2) is 0 Å². The Bertz CT molecular complexity index is 505. The number of fused-ring (bicyclic) bond motifs is 5. The zero-order valence-corrected chi connectivity index (χ0v) is 11.4. The number of hydrogen-bond donors (Lipinski definition) is 2. The van der Waals surface area contributed by atoms with Crippen LogP contribution in [0, 0.1) is 11.8 Å². The first-order chi connectivity index (χ1) is 9.90. The second-order valence-electron chi connectivity index (χ2n) is 5.73. The number of nitrogens with zero attached hydrogens (tertiary/aromatic N) is 1. The number of carboxylic acids is 1. The number of rotatable bonds is 4. The highest BCUT2D eigenvalue weighted by molar-refractivity contribution is 6.08. The average molecular weight is 296 g/mol. The Morgan fingerprint density at radius 1 is 1.29 bits per heavy atom. The van der Waals surface area contributed by atoms with E-state index in [1.54, 1.807) is 0 Å². The largest absolute Gasteiger partial charge is 0.480 e. The summed E-state index contributed by atoms with van der Waals surface area (Å²) < 4.78 is 5.58. The van der Waals surface area contributed by atoms with Crippen molar-refractivity contribution >= 4 is 23.7 Å². The zero-order chi connectivity index (χ0) is 15.3. The van der Waals surface area contributed by atoms with Gasteiger partial charge in [-0.15, -0.1) is 0 Å². The van der Waals surface area contributed by atoms with E-state index < -0.39 is 36.3 Å². The predicted molar refractivity (Wildman–Crippen MR) is 66.8 cm³/mol. The van der Waals surface area contributed by atoms with Crippen LogP contribution in [0.3, 0.4) is 0 Å². The number of aliphatic carboxylic acids is 1. The minimum Gasteiger partial charge on any atom is -0.480 e. The van der Waals surface area contributed by atoms with Crippen LogP contribution in [0.25, 0.3) is 0 Å². The molecule has 5 atom stereocenters. The lowest BCUT2D eigenvalue weighted by molar-refractivity contribution is -0.146. The maximum absolute atomic E-state index is 12.3. The molecule has 2 bridgehead atoms. The number of likely N-dealkylation sites (tertiary alicyclic amines) is 1. The lowest BCUT2D eigenvalue weighted by atomic mass is 9.81. The van der Waals surface area contributed by atoms with Crippen molar-refractivity contribution < 1.29 is 29.0 Å². The van der Waals surface area contributed by atoms with E-state index in [0.717, 1.165) is 17.7 Å². The molecule has 0 aromatic heterocycles. The number of carboxylic acid groups (broad SMARTS) is 1. The molecule has 0 aromatic rings. The molecule has 0 aromatic carbocycles. The molecule has 0 aliphatic carbocycles. The molecule has 3 fully saturated rings. The number of imide groups is 1.